The average Bonchev–Trinajstić information content (AvgIpc) is 2.38. The highest BCUT2D eigenvalue weighted by molar-refractivity contribution is 7.89. The largest absolute Gasteiger partial charge is 0.310 e. The third-order valence-corrected chi connectivity index (χ3v) is 5.05. The van der Waals surface area contributed by atoms with Crippen molar-refractivity contribution in [3.8, 4) is 0 Å². The van der Waals surface area contributed by atoms with Gasteiger partial charge in [-0.2, -0.15) is 4.31 Å². The van der Waals surface area contributed by atoms with Crippen LogP contribution in [0.1, 0.15) is 33.3 Å². The second kappa shape index (κ2) is 7.03. The molecule has 1 rings (SSSR count). The number of nitrogens with one attached hydrogen (secondary N) is 1. The second-order valence-electron chi connectivity index (χ2n) is 4.77. The van der Waals surface area contributed by atoms with Crippen molar-refractivity contribution in [2.75, 3.05) is 13.1 Å². The molecule has 0 aromatic heterocycles. The van der Waals surface area contributed by atoms with E-state index >= 15 is 0 Å². The molecule has 0 bridgehead atoms. The van der Waals surface area contributed by atoms with Gasteiger partial charge in [0.05, 0.1) is 4.90 Å². The van der Waals surface area contributed by atoms with Crippen LogP contribution in [0.5, 0.6) is 0 Å². The van der Waals surface area contributed by atoms with Gasteiger partial charge in [0.25, 0.3) is 0 Å². The van der Waals surface area contributed by atoms with E-state index in [1.54, 1.807) is 12.1 Å². The predicted molar refractivity (Wildman–Crippen MR) is 78.5 cm³/mol. The zero-order valence-electron chi connectivity index (χ0n) is 12.2. The summed E-state index contributed by atoms with van der Waals surface area (Å²) in [4.78, 5) is 0.365. The Labute approximate surface area is 116 Å². The lowest BCUT2D eigenvalue weighted by Crippen LogP contribution is -2.30. The van der Waals surface area contributed by atoms with Gasteiger partial charge in [-0.1, -0.05) is 39.8 Å². The van der Waals surface area contributed by atoms with Gasteiger partial charge in [-0.15, -0.1) is 0 Å². The van der Waals surface area contributed by atoms with Crippen LogP contribution in [-0.2, 0) is 16.6 Å². The number of rotatable bonds is 7. The van der Waals surface area contributed by atoms with E-state index in [2.05, 4.69) is 19.2 Å². The molecule has 0 fully saturated rings. The summed E-state index contributed by atoms with van der Waals surface area (Å²) in [6, 6.07) is 7.52. The molecule has 0 unspecified atom stereocenters. The summed E-state index contributed by atoms with van der Waals surface area (Å²) < 4.78 is 26.0. The van der Waals surface area contributed by atoms with Crippen LogP contribution in [0.3, 0.4) is 0 Å². The highest BCUT2D eigenvalue weighted by atomic mass is 32.2. The van der Waals surface area contributed by atoms with Crippen LogP contribution in [0, 0.1) is 0 Å². The van der Waals surface area contributed by atoms with Gasteiger partial charge < -0.3 is 5.32 Å². The fourth-order valence-electron chi connectivity index (χ4n) is 1.81. The molecule has 1 N–H and O–H groups in total. The summed E-state index contributed by atoms with van der Waals surface area (Å²) >= 11 is 0. The molecule has 0 aliphatic carbocycles. The van der Waals surface area contributed by atoms with Crippen LogP contribution in [0.2, 0.25) is 0 Å². The molecule has 19 heavy (non-hydrogen) atoms. The van der Waals surface area contributed by atoms with E-state index in [0.29, 0.717) is 24.0 Å². The lowest BCUT2D eigenvalue weighted by atomic mass is 10.2. The van der Waals surface area contributed by atoms with Crippen molar-refractivity contribution in [1.29, 1.82) is 0 Å². The Bertz CT molecular complexity index is 477. The van der Waals surface area contributed by atoms with Crippen LogP contribution in [0.25, 0.3) is 0 Å². The first-order valence-corrected chi connectivity index (χ1v) is 8.18. The van der Waals surface area contributed by atoms with Crippen molar-refractivity contribution in [3.05, 3.63) is 29.8 Å². The number of benzene rings is 1. The zero-order chi connectivity index (χ0) is 14.5. The van der Waals surface area contributed by atoms with E-state index in [4.69, 9.17) is 0 Å². The van der Waals surface area contributed by atoms with Crippen molar-refractivity contribution < 1.29 is 8.42 Å². The summed E-state index contributed by atoms with van der Waals surface area (Å²) in [5.41, 5.74) is 1.09. The summed E-state index contributed by atoms with van der Waals surface area (Å²) in [6.07, 6.45) is 0. The predicted octanol–water partition coefficient (Wildman–Crippen LogP) is 2.22. The number of hydrogen-bond donors (Lipinski definition) is 1. The van der Waals surface area contributed by atoms with Crippen molar-refractivity contribution >= 4 is 10.0 Å². The second-order valence-corrected chi connectivity index (χ2v) is 6.71. The molecule has 0 radical (unpaired) electrons. The molecule has 0 aliphatic rings. The van der Waals surface area contributed by atoms with E-state index in [1.165, 1.54) is 4.31 Å². The molecular formula is C14H24N2O2S. The summed E-state index contributed by atoms with van der Waals surface area (Å²) in [5.74, 6) is 0. The molecule has 1 aromatic carbocycles. The van der Waals surface area contributed by atoms with E-state index in [-0.39, 0.29) is 0 Å². The van der Waals surface area contributed by atoms with Crippen molar-refractivity contribution in [3.63, 3.8) is 0 Å². The lowest BCUT2D eigenvalue weighted by molar-refractivity contribution is 0.445. The van der Waals surface area contributed by atoms with E-state index < -0.39 is 10.0 Å². The molecule has 108 valence electrons. The van der Waals surface area contributed by atoms with Gasteiger partial charge in [-0.05, 0) is 17.7 Å². The Morgan fingerprint density at radius 3 is 2.05 bits per heavy atom. The number of hydrogen-bond acceptors (Lipinski definition) is 3. The van der Waals surface area contributed by atoms with Crippen LogP contribution in [0.4, 0.5) is 0 Å². The minimum Gasteiger partial charge on any atom is -0.310 e. The summed E-state index contributed by atoms with van der Waals surface area (Å²) in [6.45, 7) is 9.61. The molecular weight excluding hydrogens is 260 g/mol. The summed E-state index contributed by atoms with van der Waals surface area (Å²) in [7, 11) is -3.34. The Morgan fingerprint density at radius 1 is 1.11 bits per heavy atom. The number of nitrogens with zero attached hydrogens (tertiary/aromatic N) is 1. The molecule has 0 aliphatic heterocycles. The minimum atomic E-state index is -3.34. The molecule has 5 heteroatoms. The van der Waals surface area contributed by atoms with Crippen LogP contribution in [0.15, 0.2) is 29.2 Å². The Kier molecular flexibility index (Phi) is 5.97. The fourth-order valence-corrected chi connectivity index (χ4v) is 3.27. The number of sulfonamides is 1. The Hall–Kier alpha value is -0.910. The van der Waals surface area contributed by atoms with Gasteiger partial charge in [0, 0.05) is 25.7 Å². The third kappa shape index (κ3) is 4.30. The average molecular weight is 284 g/mol. The normalized spacial score (nSPS) is 12.3. The monoisotopic (exact) mass is 284 g/mol. The van der Waals surface area contributed by atoms with Crippen LogP contribution in [-0.4, -0.2) is 31.9 Å². The van der Waals surface area contributed by atoms with Gasteiger partial charge in [0.1, 0.15) is 0 Å². The molecule has 0 heterocycles. The maximum absolute atomic E-state index is 12.3. The standard InChI is InChI=1S/C14H24N2O2S/c1-5-16(6-2)19(17,18)14-9-7-13(8-10-14)11-15-12(3)4/h7-10,12,15H,5-6,11H2,1-4H3. The first-order valence-electron chi connectivity index (χ1n) is 6.74. The summed E-state index contributed by atoms with van der Waals surface area (Å²) in [5, 5.41) is 3.31. The highest BCUT2D eigenvalue weighted by Crippen LogP contribution is 2.16. The lowest BCUT2D eigenvalue weighted by Gasteiger charge is -2.18. The molecule has 1 aromatic rings. The van der Waals surface area contributed by atoms with Gasteiger partial charge in [-0.25, -0.2) is 8.42 Å². The van der Waals surface area contributed by atoms with Gasteiger partial charge >= 0.3 is 0 Å². The van der Waals surface area contributed by atoms with Crippen LogP contribution >= 0.6 is 0 Å². The van der Waals surface area contributed by atoms with Crippen molar-refractivity contribution in [1.82, 2.24) is 9.62 Å². The molecule has 0 saturated heterocycles. The topological polar surface area (TPSA) is 49.4 Å². The molecule has 0 saturated carbocycles. The SMILES string of the molecule is CCN(CC)S(=O)(=O)c1ccc(CNC(C)C)cc1. The first kappa shape index (κ1) is 16.1. The zero-order valence-corrected chi connectivity index (χ0v) is 13.0. The first-order chi connectivity index (χ1) is 8.91. The highest BCUT2D eigenvalue weighted by Gasteiger charge is 2.20. The smallest absolute Gasteiger partial charge is 0.243 e. The Morgan fingerprint density at radius 2 is 1.63 bits per heavy atom. The third-order valence-electron chi connectivity index (χ3n) is 2.98. The minimum absolute atomic E-state index is 0.365. The molecule has 4 nitrogen and oxygen atoms in total. The maximum atomic E-state index is 12.3. The van der Waals surface area contributed by atoms with Gasteiger partial charge in [0.15, 0.2) is 0 Å². The van der Waals surface area contributed by atoms with Crippen LogP contribution < -0.4 is 5.32 Å². The van der Waals surface area contributed by atoms with Crippen molar-refractivity contribution in [2.45, 2.75) is 45.2 Å². The fraction of sp³-hybridized carbons (Fsp3) is 0.571. The van der Waals surface area contributed by atoms with E-state index in [1.807, 2.05) is 26.0 Å². The quantitative estimate of drug-likeness (QED) is 0.835. The molecule has 0 amide bonds. The van der Waals surface area contributed by atoms with Crippen molar-refractivity contribution in [2.24, 2.45) is 0 Å². The molecule has 0 spiro atoms. The van der Waals surface area contributed by atoms with Gasteiger partial charge in [0.2, 0.25) is 10.0 Å². The van der Waals surface area contributed by atoms with E-state index in [0.717, 1.165) is 12.1 Å². The Balaban J connectivity index is 2.86. The van der Waals surface area contributed by atoms with Gasteiger partial charge in [-0.3, -0.25) is 0 Å². The molecule has 0 atom stereocenters. The maximum Gasteiger partial charge on any atom is 0.243 e. The van der Waals surface area contributed by atoms with E-state index in [9.17, 15) is 8.42 Å².